The Labute approximate surface area is 117 Å². The van der Waals surface area contributed by atoms with Crippen molar-refractivity contribution in [2.75, 3.05) is 13.2 Å². The predicted molar refractivity (Wildman–Crippen MR) is 75.5 cm³/mol. The van der Waals surface area contributed by atoms with Crippen LogP contribution in [0, 0.1) is 18.8 Å². The number of pyridine rings is 1. The Bertz CT molecular complexity index is 688. The number of fused-ring (bicyclic) bond motifs is 2. The van der Waals surface area contributed by atoms with Crippen molar-refractivity contribution < 1.29 is 9.53 Å². The zero-order valence-electron chi connectivity index (χ0n) is 11.3. The highest BCUT2D eigenvalue weighted by atomic mass is 16.5. The molecule has 1 N–H and O–H groups in total. The van der Waals surface area contributed by atoms with Crippen LogP contribution in [0.3, 0.4) is 0 Å². The average molecular weight is 268 g/mol. The minimum absolute atomic E-state index is 0.00885. The molecule has 2 aromatic rings. The van der Waals surface area contributed by atoms with Gasteiger partial charge in [-0.2, -0.15) is 0 Å². The third-order valence-corrected chi connectivity index (χ3v) is 4.47. The van der Waals surface area contributed by atoms with Gasteiger partial charge in [0.2, 0.25) is 0 Å². The molecule has 1 aliphatic heterocycles. The number of hydrogen-bond donors (Lipinski definition) is 1. The summed E-state index contributed by atoms with van der Waals surface area (Å²) in [6, 6.07) is 7.96. The van der Waals surface area contributed by atoms with Gasteiger partial charge in [0.15, 0.2) is 0 Å². The van der Waals surface area contributed by atoms with E-state index in [4.69, 9.17) is 4.74 Å². The summed E-state index contributed by atoms with van der Waals surface area (Å²) in [4.78, 5) is 16.6. The molecule has 1 aromatic carbocycles. The smallest absolute Gasteiger partial charge is 0.251 e. The van der Waals surface area contributed by atoms with Gasteiger partial charge in [-0.05, 0) is 36.8 Å². The van der Waals surface area contributed by atoms with Crippen molar-refractivity contribution in [1.29, 1.82) is 0 Å². The molecule has 1 aliphatic carbocycles. The van der Waals surface area contributed by atoms with E-state index in [1.54, 1.807) is 6.20 Å². The lowest BCUT2D eigenvalue weighted by Gasteiger charge is -2.09. The molecule has 1 saturated carbocycles. The number of carbonyl (C=O) groups excluding carboxylic acids is 1. The molecule has 4 rings (SSSR count). The molecule has 1 saturated heterocycles. The second kappa shape index (κ2) is 4.28. The number of ether oxygens (including phenoxy) is 1. The third kappa shape index (κ3) is 1.79. The number of aryl methyl sites for hydroxylation is 1. The van der Waals surface area contributed by atoms with Gasteiger partial charge in [0.25, 0.3) is 5.91 Å². The third-order valence-electron chi connectivity index (χ3n) is 4.47. The van der Waals surface area contributed by atoms with E-state index in [9.17, 15) is 4.79 Å². The summed E-state index contributed by atoms with van der Waals surface area (Å²) in [5.74, 6) is 1.07. The van der Waals surface area contributed by atoms with Gasteiger partial charge in [-0.25, -0.2) is 0 Å². The van der Waals surface area contributed by atoms with E-state index in [0.717, 1.165) is 29.7 Å². The van der Waals surface area contributed by atoms with E-state index < -0.39 is 0 Å². The maximum atomic E-state index is 12.3. The number of carbonyl (C=O) groups is 1. The monoisotopic (exact) mass is 268 g/mol. The largest absolute Gasteiger partial charge is 0.381 e. The fourth-order valence-electron chi connectivity index (χ4n) is 3.11. The summed E-state index contributed by atoms with van der Waals surface area (Å²) >= 11 is 0. The summed E-state index contributed by atoms with van der Waals surface area (Å²) in [5, 5.41) is 4.16. The highest BCUT2D eigenvalue weighted by Crippen LogP contribution is 2.44. The molecule has 0 spiro atoms. The molecule has 2 heterocycles. The van der Waals surface area contributed by atoms with Crippen molar-refractivity contribution in [3.05, 3.63) is 41.6 Å². The molecular formula is C16H16N2O2. The molecule has 3 atom stereocenters. The second-order valence-electron chi connectivity index (χ2n) is 5.72. The first-order valence-electron chi connectivity index (χ1n) is 6.98. The van der Waals surface area contributed by atoms with E-state index in [1.165, 1.54) is 0 Å². The standard InChI is InChI=1S/C16H16N2O2/c1-9-4-5-17-14-3-2-10(6-11(9)14)16(19)18-15-12-7-20-8-13(12)15/h2-6,12-13,15H,7-8H2,1H3,(H,18,19)/t12-,13+,15?. The number of nitrogens with zero attached hydrogens (tertiary/aromatic N) is 1. The van der Waals surface area contributed by atoms with Gasteiger partial charge in [0, 0.05) is 35.0 Å². The lowest BCUT2D eigenvalue weighted by atomic mass is 10.1. The van der Waals surface area contributed by atoms with Gasteiger partial charge < -0.3 is 10.1 Å². The molecule has 20 heavy (non-hydrogen) atoms. The number of rotatable bonds is 2. The first-order valence-corrected chi connectivity index (χ1v) is 6.98. The van der Waals surface area contributed by atoms with Gasteiger partial charge in [-0.15, -0.1) is 0 Å². The van der Waals surface area contributed by atoms with Gasteiger partial charge in [-0.3, -0.25) is 9.78 Å². The number of aromatic nitrogens is 1. The van der Waals surface area contributed by atoms with Gasteiger partial charge in [0.1, 0.15) is 0 Å². The molecule has 4 heteroatoms. The molecule has 0 bridgehead atoms. The van der Waals surface area contributed by atoms with Crippen LogP contribution in [-0.4, -0.2) is 30.1 Å². The van der Waals surface area contributed by atoms with E-state index in [2.05, 4.69) is 10.3 Å². The molecule has 4 nitrogen and oxygen atoms in total. The molecule has 2 aliphatic rings. The van der Waals surface area contributed by atoms with Crippen molar-refractivity contribution >= 4 is 16.8 Å². The average Bonchev–Trinajstić information content (AvgIpc) is 2.89. The van der Waals surface area contributed by atoms with Gasteiger partial charge in [0.05, 0.1) is 18.7 Å². The highest BCUT2D eigenvalue weighted by Gasteiger charge is 2.54. The molecule has 1 aromatic heterocycles. The predicted octanol–water partition coefficient (Wildman–Crippen LogP) is 1.92. The van der Waals surface area contributed by atoms with Crippen LogP contribution >= 0.6 is 0 Å². The lowest BCUT2D eigenvalue weighted by molar-refractivity contribution is 0.0929. The van der Waals surface area contributed by atoms with Crippen LogP contribution in [0.15, 0.2) is 30.5 Å². The normalized spacial score (nSPS) is 27.4. The van der Waals surface area contributed by atoms with Crippen LogP contribution < -0.4 is 5.32 Å². The van der Waals surface area contributed by atoms with E-state index in [-0.39, 0.29) is 5.91 Å². The molecule has 2 fully saturated rings. The van der Waals surface area contributed by atoms with Crippen molar-refractivity contribution in [3.63, 3.8) is 0 Å². The van der Waals surface area contributed by atoms with Crippen LogP contribution in [0.4, 0.5) is 0 Å². The summed E-state index contributed by atoms with van der Waals surface area (Å²) in [7, 11) is 0. The lowest BCUT2D eigenvalue weighted by Crippen LogP contribution is -2.29. The van der Waals surface area contributed by atoms with Gasteiger partial charge in [-0.1, -0.05) is 0 Å². The molecular weight excluding hydrogens is 252 g/mol. The van der Waals surface area contributed by atoms with Crippen molar-refractivity contribution in [2.45, 2.75) is 13.0 Å². The Kier molecular flexibility index (Phi) is 2.54. The minimum atomic E-state index is 0.00885. The maximum absolute atomic E-state index is 12.3. The fraction of sp³-hybridized carbons (Fsp3) is 0.375. The summed E-state index contributed by atoms with van der Waals surface area (Å²) in [6.07, 6.45) is 1.79. The quantitative estimate of drug-likeness (QED) is 0.905. The van der Waals surface area contributed by atoms with Crippen LogP contribution in [-0.2, 0) is 4.74 Å². The van der Waals surface area contributed by atoms with E-state index >= 15 is 0 Å². The van der Waals surface area contributed by atoms with Crippen LogP contribution in [0.5, 0.6) is 0 Å². The Morgan fingerprint density at radius 2 is 2.10 bits per heavy atom. The van der Waals surface area contributed by atoms with E-state index in [0.29, 0.717) is 23.4 Å². The number of amides is 1. The highest BCUT2D eigenvalue weighted by molar-refractivity contribution is 5.98. The number of hydrogen-bond acceptors (Lipinski definition) is 3. The van der Waals surface area contributed by atoms with Crippen molar-refractivity contribution in [2.24, 2.45) is 11.8 Å². The van der Waals surface area contributed by atoms with E-state index in [1.807, 2.05) is 31.2 Å². The Morgan fingerprint density at radius 3 is 2.90 bits per heavy atom. The fourth-order valence-corrected chi connectivity index (χ4v) is 3.11. The zero-order chi connectivity index (χ0) is 13.7. The molecule has 1 unspecified atom stereocenters. The van der Waals surface area contributed by atoms with Gasteiger partial charge >= 0.3 is 0 Å². The Balaban J connectivity index is 1.58. The SMILES string of the molecule is Cc1ccnc2ccc(C(=O)NC3[C@H]4COC[C@@H]34)cc12. The molecule has 0 radical (unpaired) electrons. The summed E-state index contributed by atoms with van der Waals surface area (Å²) in [5.41, 5.74) is 2.78. The van der Waals surface area contributed by atoms with Crippen molar-refractivity contribution in [1.82, 2.24) is 10.3 Å². The summed E-state index contributed by atoms with van der Waals surface area (Å²) < 4.78 is 5.34. The number of benzene rings is 1. The van der Waals surface area contributed by atoms with Crippen LogP contribution in [0.2, 0.25) is 0 Å². The Hall–Kier alpha value is -1.94. The number of nitrogens with one attached hydrogen (secondary N) is 1. The topological polar surface area (TPSA) is 51.2 Å². The molecule has 1 amide bonds. The van der Waals surface area contributed by atoms with Crippen LogP contribution in [0.1, 0.15) is 15.9 Å². The first kappa shape index (κ1) is 11.9. The molecule has 102 valence electrons. The minimum Gasteiger partial charge on any atom is -0.381 e. The zero-order valence-corrected chi connectivity index (χ0v) is 11.3. The second-order valence-corrected chi connectivity index (χ2v) is 5.72. The Morgan fingerprint density at radius 1 is 1.30 bits per heavy atom. The van der Waals surface area contributed by atoms with Crippen molar-refractivity contribution in [3.8, 4) is 0 Å². The first-order chi connectivity index (χ1) is 9.74. The maximum Gasteiger partial charge on any atom is 0.251 e. The van der Waals surface area contributed by atoms with Crippen LogP contribution in [0.25, 0.3) is 10.9 Å². The summed E-state index contributed by atoms with van der Waals surface area (Å²) in [6.45, 7) is 3.61.